The van der Waals surface area contributed by atoms with Crippen LogP contribution in [0.5, 0.6) is 0 Å². The van der Waals surface area contributed by atoms with Crippen LogP contribution in [0, 0.1) is 5.41 Å². The molecule has 1 aliphatic rings. The Morgan fingerprint density at radius 3 is 2.44 bits per heavy atom. The van der Waals surface area contributed by atoms with Crippen LogP contribution in [-0.2, 0) is 6.42 Å². The minimum Gasteiger partial charge on any atom is -0.392 e. The van der Waals surface area contributed by atoms with Crippen molar-refractivity contribution in [1.29, 1.82) is 0 Å². The summed E-state index contributed by atoms with van der Waals surface area (Å²) in [5.74, 6) is 0.569. The summed E-state index contributed by atoms with van der Waals surface area (Å²) in [6.07, 6.45) is 3.73. The quantitative estimate of drug-likeness (QED) is 0.859. The van der Waals surface area contributed by atoms with Crippen LogP contribution >= 0.6 is 0 Å². The smallest absolute Gasteiger partial charge is 0.0611 e. The molecule has 0 aromatic heterocycles. The molecule has 0 spiro atoms. The van der Waals surface area contributed by atoms with E-state index in [-0.39, 0.29) is 11.5 Å². The molecule has 1 aromatic rings. The second kappa shape index (κ2) is 5.41. The molecule has 0 radical (unpaired) electrons. The van der Waals surface area contributed by atoms with Crippen molar-refractivity contribution in [3.05, 3.63) is 35.4 Å². The summed E-state index contributed by atoms with van der Waals surface area (Å²) in [6, 6.07) is 8.78. The third kappa shape index (κ3) is 2.60. The molecule has 0 amide bonds. The van der Waals surface area contributed by atoms with Crippen molar-refractivity contribution in [2.24, 2.45) is 11.1 Å². The highest BCUT2D eigenvalue weighted by atomic mass is 16.3. The Kier molecular flexibility index (Phi) is 4.08. The molecule has 3 N–H and O–H groups in total. The molecular weight excluding hydrogens is 222 g/mol. The Morgan fingerprint density at radius 2 is 2.00 bits per heavy atom. The summed E-state index contributed by atoms with van der Waals surface area (Å²) < 4.78 is 0. The molecular formula is C16H25NO. The van der Waals surface area contributed by atoms with Gasteiger partial charge in [0, 0.05) is 12.0 Å². The molecule has 0 bridgehead atoms. The highest BCUT2D eigenvalue weighted by molar-refractivity contribution is 5.26. The Balaban J connectivity index is 2.13. The van der Waals surface area contributed by atoms with Gasteiger partial charge in [0.05, 0.1) is 6.10 Å². The van der Waals surface area contributed by atoms with E-state index >= 15 is 0 Å². The van der Waals surface area contributed by atoms with Crippen molar-refractivity contribution in [3.8, 4) is 0 Å². The van der Waals surface area contributed by atoms with Gasteiger partial charge in [0.1, 0.15) is 0 Å². The van der Waals surface area contributed by atoms with Gasteiger partial charge in [-0.3, -0.25) is 0 Å². The summed E-state index contributed by atoms with van der Waals surface area (Å²) in [5, 5.41) is 10.2. The fourth-order valence-electron chi connectivity index (χ4n) is 3.06. The molecule has 1 fully saturated rings. The lowest BCUT2D eigenvalue weighted by molar-refractivity contribution is 0.0588. The summed E-state index contributed by atoms with van der Waals surface area (Å²) in [6.45, 7) is 4.99. The first-order valence-corrected chi connectivity index (χ1v) is 7.04. The van der Waals surface area contributed by atoms with Crippen LogP contribution in [0.2, 0.25) is 0 Å². The first-order chi connectivity index (χ1) is 8.57. The number of nitrogens with two attached hydrogens (primary N) is 1. The van der Waals surface area contributed by atoms with E-state index in [0.717, 1.165) is 25.7 Å². The van der Waals surface area contributed by atoms with E-state index in [1.165, 1.54) is 11.1 Å². The molecule has 0 saturated heterocycles. The van der Waals surface area contributed by atoms with E-state index in [1.54, 1.807) is 0 Å². The van der Waals surface area contributed by atoms with Gasteiger partial charge in [-0.2, -0.15) is 0 Å². The molecule has 2 atom stereocenters. The molecule has 1 aromatic carbocycles. The van der Waals surface area contributed by atoms with Crippen molar-refractivity contribution in [3.63, 3.8) is 0 Å². The van der Waals surface area contributed by atoms with Gasteiger partial charge in [-0.25, -0.2) is 0 Å². The second-order valence-electron chi connectivity index (χ2n) is 6.05. The number of aliphatic hydroxyl groups excluding tert-OH is 1. The SMILES string of the molecule is CC(C)c1ccc(CC2(CN)CCCC2O)cc1. The van der Waals surface area contributed by atoms with E-state index < -0.39 is 0 Å². The van der Waals surface area contributed by atoms with Crippen molar-refractivity contribution in [2.75, 3.05) is 6.54 Å². The monoisotopic (exact) mass is 247 g/mol. The van der Waals surface area contributed by atoms with Crippen LogP contribution < -0.4 is 5.73 Å². The van der Waals surface area contributed by atoms with E-state index in [4.69, 9.17) is 5.73 Å². The fourth-order valence-corrected chi connectivity index (χ4v) is 3.06. The molecule has 1 aliphatic carbocycles. The third-order valence-electron chi connectivity index (χ3n) is 4.47. The van der Waals surface area contributed by atoms with Gasteiger partial charge in [-0.15, -0.1) is 0 Å². The van der Waals surface area contributed by atoms with Gasteiger partial charge < -0.3 is 10.8 Å². The standard InChI is InChI=1S/C16H25NO/c1-12(2)14-7-5-13(6-8-14)10-16(11-17)9-3-4-15(16)18/h5-8,12,15,18H,3-4,9-11,17H2,1-2H3. The van der Waals surface area contributed by atoms with Crippen molar-refractivity contribution >= 4 is 0 Å². The fraction of sp³-hybridized carbons (Fsp3) is 0.625. The van der Waals surface area contributed by atoms with Gasteiger partial charge in [-0.05, 0) is 36.3 Å². The maximum absolute atomic E-state index is 10.2. The normalized spacial score (nSPS) is 27.9. The maximum Gasteiger partial charge on any atom is 0.0611 e. The van der Waals surface area contributed by atoms with Gasteiger partial charge in [0.2, 0.25) is 0 Å². The Labute approximate surface area is 110 Å². The second-order valence-corrected chi connectivity index (χ2v) is 6.05. The molecule has 1 saturated carbocycles. The molecule has 2 rings (SSSR count). The van der Waals surface area contributed by atoms with Crippen LogP contribution in [-0.4, -0.2) is 17.8 Å². The number of hydrogen-bond donors (Lipinski definition) is 2. The van der Waals surface area contributed by atoms with Crippen molar-refractivity contribution in [2.45, 2.75) is 51.6 Å². The number of rotatable bonds is 4. The molecule has 18 heavy (non-hydrogen) atoms. The van der Waals surface area contributed by atoms with Gasteiger partial charge in [-0.1, -0.05) is 44.5 Å². The van der Waals surface area contributed by atoms with Crippen LogP contribution in [0.25, 0.3) is 0 Å². The molecule has 0 heterocycles. The largest absolute Gasteiger partial charge is 0.392 e. The lowest BCUT2D eigenvalue weighted by atomic mass is 9.78. The summed E-state index contributed by atoms with van der Waals surface area (Å²) >= 11 is 0. The minimum absolute atomic E-state index is 0.0840. The third-order valence-corrected chi connectivity index (χ3v) is 4.47. The molecule has 2 nitrogen and oxygen atoms in total. The van der Waals surface area contributed by atoms with E-state index in [2.05, 4.69) is 38.1 Å². The van der Waals surface area contributed by atoms with Crippen LogP contribution in [0.3, 0.4) is 0 Å². The molecule has 2 unspecified atom stereocenters. The highest BCUT2D eigenvalue weighted by Gasteiger charge is 2.40. The van der Waals surface area contributed by atoms with Crippen molar-refractivity contribution in [1.82, 2.24) is 0 Å². The minimum atomic E-state index is -0.229. The zero-order valence-electron chi connectivity index (χ0n) is 11.5. The molecule has 100 valence electrons. The molecule has 0 aliphatic heterocycles. The van der Waals surface area contributed by atoms with Crippen LogP contribution in [0.4, 0.5) is 0 Å². The topological polar surface area (TPSA) is 46.2 Å². The lowest BCUT2D eigenvalue weighted by Crippen LogP contribution is -2.39. The Hall–Kier alpha value is -0.860. The average molecular weight is 247 g/mol. The zero-order valence-corrected chi connectivity index (χ0v) is 11.5. The summed E-state index contributed by atoms with van der Waals surface area (Å²) in [7, 11) is 0. The number of benzene rings is 1. The Morgan fingerprint density at radius 1 is 1.33 bits per heavy atom. The Bertz CT molecular complexity index is 385. The van der Waals surface area contributed by atoms with Crippen molar-refractivity contribution < 1.29 is 5.11 Å². The van der Waals surface area contributed by atoms with Gasteiger partial charge in [0.15, 0.2) is 0 Å². The first kappa shape index (κ1) is 13.6. The average Bonchev–Trinajstić information content (AvgIpc) is 2.72. The van der Waals surface area contributed by atoms with Gasteiger partial charge in [0.25, 0.3) is 0 Å². The van der Waals surface area contributed by atoms with Crippen LogP contribution in [0.1, 0.15) is 50.2 Å². The van der Waals surface area contributed by atoms with E-state index in [9.17, 15) is 5.11 Å². The maximum atomic E-state index is 10.2. The summed E-state index contributed by atoms with van der Waals surface area (Å²) in [4.78, 5) is 0. The number of aliphatic hydroxyl groups is 1. The zero-order chi connectivity index (χ0) is 13.2. The lowest BCUT2D eigenvalue weighted by Gasteiger charge is -2.31. The first-order valence-electron chi connectivity index (χ1n) is 7.04. The predicted octanol–water partition coefficient (Wildman–Crippen LogP) is 2.84. The number of hydrogen-bond acceptors (Lipinski definition) is 2. The summed E-state index contributed by atoms with van der Waals surface area (Å²) in [5.41, 5.74) is 8.51. The van der Waals surface area contributed by atoms with E-state index in [1.807, 2.05) is 0 Å². The predicted molar refractivity (Wildman–Crippen MR) is 75.6 cm³/mol. The highest BCUT2D eigenvalue weighted by Crippen LogP contribution is 2.40. The van der Waals surface area contributed by atoms with Crippen LogP contribution in [0.15, 0.2) is 24.3 Å². The van der Waals surface area contributed by atoms with Gasteiger partial charge >= 0.3 is 0 Å². The molecule has 2 heteroatoms. The van der Waals surface area contributed by atoms with E-state index in [0.29, 0.717) is 12.5 Å².